The Morgan fingerprint density at radius 3 is 3.00 bits per heavy atom. The number of benzene rings is 1. The summed E-state index contributed by atoms with van der Waals surface area (Å²) in [7, 11) is 0. The molecule has 1 aromatic carbocycles. The van der Waals surface area contributed by atoms with E-state index in [0.29, 0.717) is 11.4 Å². The lowest BCUT2D eigenvalue weighted by Crippen LogP contribution is -2.16. The van der Waals surface area contributed by atoms with Crippen LogP contribution in [0.4, 0.5) is 11.4 Å². The van der Waals surface area contributed by atoms with Crippen LogP contribution in [0.3, 0.4) is 0 Å². The topological polar surface area (TPSA) is 50.4 Å². The lowest BCUT2D eigenvalue weighted by Gasteiger charge is -2.14. The second-order valence-electron chi connectivity index (χ2n) is 5.34. The zero-order chi connectivity index (χ0) is 15.1. The second-order valence-corrected chi connectivity index (χ2v) is 5.77. The van der Waals surface area contributed by atoms with E-state index in [4.69, 9.17) is 16.3 Å². The van der Waals surface area contributed by atoms with E-state index in [0.717, 1.165) is 50.2 Å². The maximum atomic E-state index is 12.1. The molecule has 0 aliphatic carbocycles. The molecule has 0 unspecified atom stereocenters. The van der Waals surface area contributed by atoms with Crippen LogP contribution in [0.15, 0.2) is 18.2 Å². The lowest BCUT2D eigenvalue weighted by molar-refractivity contribution is -0.116. The quantitative estimate of drug-likeness (QED) is 0.798. The van der Waals surface area contributed by atoms with Crippen LogP contribution in [-0.4, -0.2) is 25.2 Å². The van der Waals surface area contributed by atoms with Crippen molar-refractivity contribution in [2.24, 2.45) is 0 Å². The molecule has 1 saturated heterocycles. The van der Waals surface area contributed by atoms with E-state index in [1.54, 1.807) is 6.07 Å². The fraction of sp³-hybridized carbons (Fsp3) is 0.562. The molecule has 0 spiro atoms. The van der Waals surface area contributed by atoms with Crippen molar-refractivity contribution in [3.05, 3.63) is 23.2 Å². The number of carbonyl (C=O) groups is 1. The monoisotopic (exact) mass is 310 g/mol. The Bertz CT molecular complexity index is 473. The van der Waals surface area contributed by atoms with Gasteiger partial charge in [-0.1, -0.05) is 18.5 Å². The summed E-state index contributed by atoms with van der Waals surface area (Å²) in [5, 5.41) is 6.85. The van der Waals surface area contributed by atoms with Crippen molar-refractivity contribution in [2.75, 3.05) is 23.8 Å². The van der Waals surface area contributed by atoms with Crippen LogP contribution in [0.25, 0.3) is 0 Å². The van der Waals surface area contributed by atoms with Gasteiger partial charge in [-0.3, -0.25) is 4.79 Å². The molecule has 1 heterocycles. The molecular formula is C16H23ClN2O2. The molecule has 21 heavy (non-hydrogen) atoms. The summed E-state index contributed by atoms with van der Waals surface area (Å²) >= 11 is 6.02. The third-order valence-electron chi connectivity index (χ3n) is 3.54. The van der Waals surface area contributed by atoms with Crippen LogP contribution >= 0.6 is 11.6 Å². The summed E-state index contributed by atoms with van der Waals surface area (Å²) < 4.78 is 5.54. The van der Waals surface area contributed by atoms with E-state index < -0.39 is 0 Å². The van der Waals surface area contributed by atoms with Crippen molar-refractivity contribution in [1.29, 1.82) is 0 Å². The van der Waals surface area contributed by atoms with Crippen molar-refractivity contribution in [3.8, 4) is 0 Å². The molecule has 2 N–H and O–H groups in total. The minimum absolute atomic E-state index is 0.00677. The highest BCUT2D eigenvalue weighted by atomic mass is 35.5. The Balaban J connectivity index is 1.90. The van der Waals surface area contributed by atoms with Gasteiger partial charge in [-0.05, 0) is 43.9 Å². The molecule has 1 aliphatic rings. The van der Waals surface area contributed by atoms with Crippen molar-refractivity contribution in [3.63, 3.8) is 0 Å². The smallest absolute Gasteiger partial charge is 0.224 e. The van der Waals surface area contributed by atoms with E-state index in [1.165, 1.54) is 0 Å². The largest absolute Gasteiger partial charge is 0.383 e. The average molecular weight is 311 g/mol. The fourth-order valence-corrected chi connectivity index (χ4v) is 2.58. The fourth-order valence-electron chi connectivity index (χ4n) is 2.41. The van der Waals surface area contributed by atoms with Gasteiger partial charge in [-0.15, -0.1) is 0 Å². The van der Waals surface area contributed by atoms with Gasteiger partial charge < -0.3 is 15.4 Å². The molecule has 1 amide bonds. The standard InChI is InChI=1S/C16H23ClN2O2/c1-2-9-18-14-7-5-12(17)11-15(14)19-16(20)8-6-13-4-3-10-21-13/h5,7,11,13,18H,2-4,6,8-10H2,1H3,(H,19,20)/t13-/m0/s1. The Morgan fingerprint density at radius 1 is 1.43 bits per heavy atom. The van der Waals surface area contributed by atoms with Crippen molar-refractivity contribution in [2.45, 2.75) is 45.1 Å². The molecule has 0 aromatic heterocycles. The first-order valence-corrected chi connectivity index (χ1v) is 8.01. The van der Waals surface area contributed by atoms with Crippen LogP contribution < -0.4 is 10.6 Å². The first kappa shape index (κ1) is 16.1. The third-order valence-corrected chi connectivity index (χ3v) is 3.77. The van der Waals surface area contributed by atoms with Gasteiger partial charge in [0.15, 0.2) is 0 Å². The number of hydrogen-bond acceptors (Lipinski definition) is 3. The predicted molar refractivity (Wildman–Crippen MR) is 87.1 cm³/mol. The third kappa shape index (κ3) is 5.21. The Hall–Kier alpha value is -1.26. The zero-order valence-corrected chi connectivity index (χ0v) is 13.2. The van der Waals surface area contributed by atoms with Gasteiger partial charge in [-0.2, -0.15) is 0 Å². The normalized spacial score (nSPS) is 17.7. The molecule has 116 valence electrons. The van der Waals surface area contributed by atoms with E-state index >= 15 is 0 Å². The molecule has 5 heteroatoms. The van der Waals surface area contributed by atoms with Gasteiger partial charge in [-0.25, -0.2) is 0 Å². The highest BCUT2D eigenvalue weighted by molar-refractivity contribution is 6.31. The van der Waals surface area contributed by atoms with Crippen molar-refractivity contribution in [1.82, 2.24) is 0 Å². The zero-order valence-electron chi connectivity index (χ0n) is 12.5. The van der Waals surface area contributed by atoms with Gasteiger partial charge >= 0.3 is 0 Å². The molecule has 2 rings (SSSR count). The first-order chi connectivity index (χ1) is 10.2. The van der Waals surface area contributed by atoms with Gasteiger partial charge in [0.25, 0.3) is 0 Å². The molecule has 1 atom stereocenters. The molecule has 1 aromatic rings. The number of ether oxygens (including phenoxy) is 1. The number of halogens is 1. The lowest BCUT2D eigenvalue weighted by atomic mass is 10.1. The van der Waals surface area contributed by atoms with Crippen molar-refractivity contribution >= 4 is 28.9 Å². The average Bonchev–Trinajstić information content (AvgIpc) is 2.98. The van der Waals surface area contributed by atoms with Crippen LogP contribution in [0, 0.1) is 0 Å². The molecule has 0 saturated carbocycles. The van der Waals surface area contributed by atoms with Crippen LogP contribution in [-0.2, 0) is 9.53 Å². The van der Waals surface area contributed by atoms with E-state index in [2.05, 4.69) is 17.6 Å². The summed E-state index contributed by atoms with van der Waals surface area (Å²) in [6.45, 7) is 3.79. The maximum Gasteiger partial charge on any atom is 0.224 e. The maximum absolute atomic E-state index is 12.1. The van der Waals surface area contributed by atoms with E-state index in [9.17, 15) is 4.79 Å². The highest BCUT2D eigenvalue weighted by Gasteiger charge is 2.17. The van der Waals surface area contributed by atoms with E-state index in [1.807, 2.05) is 12.1 Å². The number of hydrogen-bond donors (Lipinski definition) is 2. The number of anilines is 2. The minimum atomic E-state index is 0.00677. The van der Waals surface area contributed by atoms with E-state index in [-0.39, 0.29) is 12.0 Å². The van der Waals surface area contributed by atoms with Crippen molar-refractivity contribution < 1.29 is 9.53 Å². The minimum Gasteiger partial charge on any atom is -0.383 e. The molecule has 4 nitrogen and oxygen atoms in total. The van der Waals surface area contributed by atoms with Gasteiger partial charge in [0.2, 0.25) is 5.91 Å². The van der Waals surface area contributed by atoms with Gasteiger partial charge in [0, 0.05) is 24.6 Å². The van der Waals surface area contributed by atoms with Gasteiger partial charge in [0.1, 0.15) is 0 Å². The number of carbonyl (C=O) groups excluding carboxylic acids is 1. The Labute approximate surface area is 131 Å². The number of amides is 1. The molecule has 0 radical (unpaired) electrons. The summed E-state index contributed by atoms with van der Waals surface area (Å²) in [5.41, 5.74) is 1.65. The summed E-state index contributed by atoms with van der Waals surface area (Å²) in [4.78, 5) is 12.1. The second kappa shape index (κ2) is 8.25. The first-order valence-electron chi connectivity index (χ1n) is 7.64. The van der Waals surface area contributed by atoms with Crippen LogP contribution in [0.1, 0.15) is 39.0 Å². The number of rotatable bonds is 7. The van der Waals surface area contributed by atoms with Gasteiger partial charge in [0.05, 0.1) is 17.5 Å². The predicted octanol–water partition coefficient (Wildman–Crippen LogP) is 4.06. The summed E-state index contributed by atoms with van der Waals surface area (Å²) in [6.07, 6.45) is 4.69. The highest BCUT2D eigenvalue weighted by Crippen LogP contribution is 2.26. The number of nitrogens with one attached hydrogen (secondary N) is 2. The molecule has 1 aliphatic heterocycles. The molecular weight excluding hydrogens is 288 g/mol. The Morgan fingerprint density at radius 2 is 2.29 bits per heavy atom. The molecule has 0 bridgehead atoms. The molecule has 1 fully saturated rings. The summed E-state index contributed by atoms with van der Waals surface area (Å²) in [5.74, 6) is 0.00677. The SMILES string of the molecule is CCCNc1ccc(Cl)cc1NC(=O)CC[C@@H]1CCCO1. The summed E-state index contributed by atoms with van der Waals surface area (Å²) in [6, 6.07) is 5.50. The Kier molecular flexibility index (Phi) is 6.33. The van der Waals surface area contributed by atoms with Crippen LogP contribution in [0.2, 0.25) is 5.02 Å². The van der Waals surface area contributed by atoms with Crippen LogP contribution in [0.5, 0.6) is 0 Å².